The molecule has 0 amide bonds. The van der Waals surface area contributed by atoms with Crippen LogP contribution in [-0.4, -0.2) is 12.9 Å². The lowest BCUT2D eigenvalue weighted by Gasteiger charge is -2.37. The van der Waals surface area contributed by atoms with E-state index in [0.29, 0.717) is 45.5 Å². The molecule has 1 aliphatic heterocycles. The van der Waals surface area contributed by atoms with Gasteiger partial charge in [-0.05, 0) is 17.5 Å². The summed E-state index contributed by atoms with van der Waals surface area (Å²) in [6.07, 6.45) is 0.890. The van der Waals surface area contributed by atoms with Gasteiger partial charge in [-0.3, -0.25) is 4.79 Å². The highest BCUT2D eigenvalue weighted by atomic mass is 35.5. The van der Waals surface area contributed by atoms with Crippen molar-refractivity contribution in [1.82, 2.24) is 0 Å². The summed E-state index contributed by atoms with van der Waals surface area (Å²) in [6.45, 7) is 3.98. The zero-order chi connectivity index (χ0) is 19.2. The predicted molar refractivity (Wildman–Crippen MR) is 98.7 cm³/mol. The molecule has 0 unspecified atom stereocenters. The van der Waals surface area contributed by atoms with Gasteiger partial charge < -0.3 is 15.2 Å². The second kappa shape index (κ2) is 6.53. The van der Waals surface area contributed by atoms with Crippen LogP contribution in [0, 0.1) is 16.7 Å². The maximum absolute atomic E-state index is 12.9. The van der Waals surface area contributed by atoms with Gasteiger partial charge >= 0.3 is 0 Å². The summed E-state index contributed by atoms with van der Waals surface area (Å²) < 4.78 is 11.1. The van der Waals surface area contributed by atoms with Gasteiger partial charge in [0, 0.05) is 29.0 Å². The van der Waals surface area contributed by atoms with Gasteiger partial charge in [-0.1, -0.05) is 37.0 Å². The van der Waals surface area contributed by atoms with Crippen LogP contribution in [0.2, 0.25) is 10.0 Å². The highest BCUT2D eigenvalue weighted by Gasteiger charge is 2.44. The van der Waals surface area contributed by atoms with Crippen molar-refractivity contribution in [1.29, 1.82) is 5.26 Å². The lowest BCUT2D eigenvalue weighted by atomic mass is 9.70. The van der Waals surface area contributed by atoms with E-state index in [2.05, 4.69) is 6.07 Å². The molecule has 1 aromatic rings. The van der Waals surface area contributed by atoms with Crippen LogP contribution >= 0.6 is 23.2 Å². The van der Waals surface area contributed by atoms with Crippen LogP contribution in [0.5, 0.6) is 5.75 Å². The summed E-state index contributed by atoms with van der Waals surface area (Å²) >= 11 is 12.4. The third-order valence-corrected chi connectivity index (χ3v) is 5.13. The zero-order valence-electron chi connectivity index (χ0n) is 14.7. The van der Waals surface area contributed by atoms with Gasteiger partial charge in [0.05, 0.1) is 18.1 Å². The van der Waals surface area contributed by atoms with Gasteiger partial charge in [0.25, 0.3) is 0 Å². The molecule has 1 atom stereocenters. The molecule has 0 fully saturated rings. The molecule has 0 bridgehead atoms. The van der Waals surface area contributed by atoms with E-state index in [1.165, 1.54) is 7.11 Å². The van der Waals surface area contributed by atoms with Crippen molar-refractivity contribution in [2.24, 2.45) is 11.1 Å². The van der Waals surface area contributed by atoms with Crippen molar-refractivity contribution in [2.75, 3.05) is 7.11 Å². The van der Waals surface area contributed by atoms with Crippen LogP contribution in [0.3, 0.4) is 0 Å². The molecule has 26 heavy (non-hydrogen) atoms. The van der Waals surface area contributed by atoms with E-state index in [4.69, 9.17) is 38.4 Å². The number of nitrogens with zero attached hydrogens (tertiary/aromatic N) is 1. The molecule has 2 N–H and O–H groups in total. The first-order valence-electron chi connectivity index (χ1n) is 8.05. The molecule has 0 aromatic heterocycles. The van der Waals surface area contributed by atoms with E-state index in [-0.39, 0.29) is 22.7 Å². The number of ether oxygens (including phenoxy) is 2. The standard InChI is InChI=1S/C19H18Cl2N2O3/c1-19(2)6-13(24)16-14(7-19)26-18(23)11(8-22)15(16)10-4-9(20)5-12(21)17(10)25-3/h4-5,15H,6-7,23H2,1-3H3/t15-/m1/s1. The Bertz CT molecular complexity index is 910. The molecule has 2 aliphatic rings. The van der Waals surface area contributed by atoms with Gasteiger partial charge in [-0.25, -0.2) is 0 Å². The van der Waals surface area contributed by atoms with E-state index in [9.17, 15) is 10.1 Å². The normalized spacial score (nSPS) is 21.8. The highest BCUT2D eigenvalue weighted by molar-refractivity contribution is 6.35. The summed E-state index contributed by atoms with van der Waals surface area (Å²) in [4.78, 5) is 12.9. The Hall–Kier alpha value is -2.16. The van der Waals surface area contributed by atoms with E-state index in [0.717, 1.165) is 0 Å². The molecule has 0 saturated heterocycles. The van der Waals surface area contributed by atoms with Crippen molar-refractivity contribution in [2.45, 2.75) is 32.6 Å². The second-order valence-corrected chi connectivity index (χ2v) is 8.06. The van der Waals surface area contributed by atoms with E-state index in [1.54, 1.807) is 12.1 Å². The number of benzene rings is 1. The molecule has 136 valence electrons. The minimum atomic E-state index is -0.724. The lowest BCUT2D eigenvalue weighted by Crippen LogP contribution is -2.33. The Morgan fingerprint density at radius 3 is 2.65 bits per heavy atom. The number of nitrogens with two attached hydrogens (primary N) is 1. The maximum Gasteiger partial charge on any atom is 0.205 e. The number of hydrogen-bond acceptors (Lipinski definition) is 5. The smallest absolute Gasteiger partial charge is 0.205 e. The average Bonchev–Trinajstić information content (AvgIpc) is 2.51. The fourth-order valence-electron chi connectivity index (χ4n) is 3.61. The average molecular weight is 393 g/mol. The molecular formula is C19H18Cl2N2O3. The minimum absolute atomic E-state index is 0.0140. The maximum atomic E-state index is 12.9. The van der Waals surface area contributed by atoms with Crippen LogP contribution in [0.25, 0.3) is 0 Å². The Morgan fingerprint density at radius 2 is 2.04 bits per heavy atom. The van der Waals surface area contributed by atoms with Crippen LogP contribution < -0.4 is 10.5 Å². The summed E-state index contributed by atoms with van der Waals surface area (Å²) in [5.41, 5.74) is 6.85. The molecule has 0 radical (unpaired) electrons. The van der Waals surface area contributed by atoms with Crippen LogP contribution in [0.15, 0.2) is 34.9 Å². The lowest BCUT2D eigenvalue weighted by molar-refractivity contribution is -0.119. The number of Topliss-reactive ketones (excluding diaryl/α,β-unsaturated/α-hetero) is 1. The third kappa shape index (κ3) is 3.04. The van der Waals surface area contributed by atoms with Gasteiger partial charge in [0.2, 0.25) is 5.88 Å². The molecule has 1 aromatic carbocycles. The zero-order valence-corrected chi connectivity index (χ0v) is 16.2. The number of halogens is 2. The van der Waals surface area contributed by atoms with Crippen molar-refractivity contribution in [3.63, 3.8) is 0 Å². The number of methoxy groups -OCH3 is 1. The van der Waals surface area contributed by atoms with Crippen LogP contribution in [0.4, 0.5) is 0 Å². The molecule has 0 saturated carbocycles. The SMILES string of the molecule is COc1c(Cl)cc(Cl)cc1[C@@H]1C(C#N)=C(N)OC2=C1C(=O)CC(C)(C)C2. The van der Waals surface area contributed by atoms with Gasteiger partial charge in [-0.2, -0.15) is 5.26 Å². The number of ketones is 1. The van der Waals surface area contributed by atoms with E-state index in [1.807, 2.05) is 13.8 Å². The molecule has 0 spiro atoms. The van der Waals surface area contributed by atoms with Gasteiger partial charge in [0.15, 0.2) is 5.78 Å². The molecular weight excluding hydrogens is 375 g/mol. The van der Waals surface area contributed by atoms with Crippen LogP contribution in [0.1, 0.15) is 38.2 Å². The van der Waals surface area contributed by atoms with E-state index < -0.39 is 5.92 Å². The summed E-state index contributed by atoms with van der Waals surface area (Å²) in [7, 11) is 1.47. The summed E-state index contributed by atoms with van der Waals surface area (Å²) in [5.74, 6) is 0.0250. The molecule has 3 rings (SSSR count). The number of allylic oxidation sites excluding steroid dienone is 3. The topological polar surface area (TPSA) is 85.3 Å². The molecule has 5 nitrogen and oxygen atoms in total. The first kappa shape index (κ1) is 18.6. The Morgan fingerprint density at radius 1 is 1.35 bits per heavy atom. The van der Waals surface area contributed by atoms with Crippen molar-refractivity contribution in [3.8, 4) is 11.8 Å². The molecule has 7 heteroatoms. The van der Waals surface area contributed by atoms with E-state index >= 15 is 0 Å². The molecule has 1 aliphatic carbocycles. The number of nitriles is 1. The largest absolute Gasteiger partial charge is 0.495 e. The number of carbonyl (C=O) groups excluding carboxylic acids is 1. The first-order valence-corrected chi connectivity index (χ1v) is 8.81. The number of carbonyl (C=O) groups is 1. The fraction of sp³-hybridized carbons (Fsp3) is 0.368. The monoisotopic (exact) mass is 392 g/mol. The number of hydrogen-bond donors (Lipinski definition) is 1. The van der Waals surface area contributed by atoms with Gasteiger partial charge in [-0.15, -0.1) is 0 Å². The molecule has 1 heterocycles. The first-order chi connectivity index (χ1) is 12.2. The summed E-state index contributed by atoms with van der Waals surface area (Å²) in [5, 5.41) is 10.3. The Balaban J connectivity index is 2.29. The third-order valence-electron chi connectivity index (χ3n) is 4.63. The Kier molecular flexibility index (Phi) is 4.68. The quantitative estimate of drug-likeness (QED) is 0.802. The predicted octanol–water partition coefficient (Wildman–Crippen LogP) is 4.45. The van der Waals surface area contributed by atoms with Crippen LogP contribution in [-0.2, 0) is 9.53 Å². The van der Waals surface area contributed by atoms with Gasteiger partial charge in [0.1, 0.15) is 23.2 Å². The fourth-order valence-corrected chi connectivity index (χ4v) is 4.19. The van der Waals surface area contributed by atoms with Crippen molar-refractivity contribution < 1.29 is 14.3 Å². The Labute approximate surface area is 162 Å². The highest BCUT2D eigenvalue weighted by Crippen LogP contribution is 2.50. The number of rotatable bonds is 2. The minimum Gasteiger partial charge on any atom is -0.495 e. The van der Waals surface area contributed by atoms with Crippen molar-refractivity contribution in [3.05, 3.63) is 50.5 Å². The van der Waals surface area contributed by atoms with Crippen molar-refractivity contribution >= 4 is 29.0 Å². The summed E-state index contributed by atoms with van der Waals surface area (Å²) in [6, 6.07) is 5.26. The second-order valence-electron chi connectivity index (χ2n) is 7.21.